The first kappa shape index (κ1) is 14.5. The van der Waals surface area contributed by atoms with Gasteiger partial charge in [0.05, 0.1) is 11.3 Å². The van der Waals surface area contributed by atoms with E-state index in [0.717, 1.165) is 4.90 Å². The summed E-state index contributed by atoms with van der Waals surface area (Å²) in [6, 6.07) is 4.83. The number of para-hydroxylation sites is 1. The highest BCUT2D eigenvalue weighted by atomic mass is 19.4. The fourth-order valence-corrected chi connectivity index (χ4v) is 2.05. The van der Waals surface area contributed by atoms with Crippen LogP contribution in [0, 0.1) is 0 Å². The van der Waals surface area contributed by atoms with Gasteiger partial charge < -0.3 is 15.0 Å². The van der Waals surface area contributed by atoms with E-state index in [-0.39, 0.29) is 12.1 Å². The van der Waals surface area contributed by atoms with Crippen molar-refractivity contribution in [3.05, 3.63) is 23.8 Å². The summed E-state index contributed by atoms with van der Waals surface area (Å²) >= 11 is 0. The Labute approximate surface area is 114 Å². The van der Waals surface area contributed by atoms with E-state index in [4.69, 9.17) is 4.74 Å². The molecule has 110 valence electrons. The van der Waals surface area contributed by atoms with Gasteiger partial charge >= 0.3 is 6.18 Å². The van der Waals surface area contributed by atoms with Gasteiger partial charge in [-0.2, -0.15) is 13.2 Å². The van der Waals surface area contributed by atoms with Crippen LogP contribution in [0.25, 0.3) is 0 Å². The fourth-order valence-electron chi connectivity index (χ4n) is 2.05. The maximum Gasteiger partial charge on any atom is 0.406 e. The van der Waals surface area contributed by atoms with Crippen molar-refractivity contribution < 1.29 is 22.7 Å². The molecule has 0 atom stereocenters. The minimum Gasteiger partial charge on any atom is -0.489 e. The predicted molar refractivity (Wildman–Crippen MR) is 68.1 cm³/mol. The number of carbonyl (C=O) groups is 1. The summed E-state index contributed by atoms with van der Waals surface area (Å²) in [5, 5.41) is 3.05. The van der Waals surface area contributed by atoms with Crippen LogP contribution in [0.5, 0.6) is 5.75 Å². The summed E-state index contributed by atoms with van der Waals surface area (Å²) in [4.78, 5) is 13.0. The average molecular weight is 288 g/mol. The summed E-state index contributed by atoms with van der Waals surface area (Å²) in [5.41, 5.74) is 0.783. The summed E-state index contributed by atoms with van der Waals surface area (Å²) in [7, 11) is 0. The number of hydrogen-bond acceptors (Lipinski definition) is 3. The van der Waals surface area contributed by atoms with Crippen LogP contribution >= 0.6 is 0 Å². The molecular weight excluding hydrogens is 273 g/mol. The number of amides is 1. The third-order valence-corrected chi connectivity index (χ3v) is 2.95. The van der Waals surface area contributed by atoms with Gasteiger partial charge in [0.2, 0.25) is 0 Å². The zero-order valence-electron chi connectivity index (χ0n) is 11.0. The molecule has 1 aliphatic heterocycles. The van der Waals surface area contributed by atoms with Crippen LogP contribution in [0.4, 0.5) is 18.9 Å². The van der Waals surface area contributed by atoms with Crippen molar-refractivity contribution in [2.24, 2.45) is 0 Å². The first-order valence-corrected chi connectivity index (χ1v) is 6.28. The third kappa shape index (κ3) is 3.15. The molecule has 2 rings (SSSR count). The molecule has 0 saturated heterocycles. The molecule has 7 heteroatoms. The number of carbonyl (C=O) groups excluding carboxylic acids is 1. The van der Waals surface area contributed by atoms with Gasteiger partial charge in [-0.25, -0.2) is 0 Å². The summed E-state index contributed by atoms with van der Waals surface area (Å²) < 4.78 is 42.8. The number of nitrogens with zero attached hydrogens (tertiary/aromatic N) is 1. The Morgan fingerprint density at radius 1 is 1.45 bits per heavy atom. The lowest BCUT2D eigenvalue weighted by atomic mass is 10.1. The number of nitrogens with one attached hydrogen (secondary N) is 1. The van der Waals surface area contributed by atoms with E-state index in [0.29, 0.717) is 24.6 Å². The lowest BCUT2D eigenvalue weighted by molar-refractivity contribution is -0.140. The predicted octanol–water partition coefficient (Wildman–Crippen LogP) is 2.52. The molecule has 0 fully saturated rings. The van der Waals surface area contributed by atoms with Gasteiger partial charge in [-0.15, -0.1) is 0 Å². The second kappa shape index (κ2) is 5.60. The number of rotatable bonds is 3. The maximum atomic E-state index is 12.5. The smallest absolute Gasteiger partial charge is 0.406 e. The molecule has 0 saturated carbocycles. The summed E-state index contributed by atoms with van der Waals surface area (Å²) in [6.45, 7) is 1.21. The van der Waals surface area contributed by atoms with Crippen LogP contribution in [0.3, 0.4) is 0 Å². The number of anilines is 1. The molecule has 4 nitrogen and oxygen atoms in total. The SMILES string of the molecule is CCN(CC(F)(F)F)C(=O)c1cccc2c1OCCN2. The lowest BCUT2D eigenvalue weighted by Crippen LogP contribution is -2.39. The quantitative estimate of drug-likeness (QED) is 0.929. The molecule has 1 amide bonds. The number of alkyl halides is 3. The van der Waals surface area contributed by atoms with Gasteiger partial charge in [-0.05, 0) is 19.1 Å². The standard InChI is InChI=1S/C13H15F3N2O2/c1-2-18(8-13(14,15)16)12(19)9-4-3-5-10-11(9)20-7-6-17-10/h3-5,17H,2,6-8H2,1H3. The van der Waals surface area contributed by atoms with Gasteiger partial charge in [-0.1, -0.05) is 6.07 Å². The number of ether oxygens (including phenoxy) is 1. The number of halogens is 3. The molecule has 1 N–H and O–H groups in total. The molecule has 1 aliphatic rings. The highest BCUT2D eigenvalue weighted by Crippen LogP contribution is 2.32. The van der Waals surface area contributed by atoms with Crippen molar-refractivity contribution in [1.29, 1.82) is 0 Å². The van der Waals surface area contributed by atoms with Crippen molar-refractivity contribution in [3.63, 3.8) is 0 Å². The number of hydrogen-bond donors (Lipinski definition) is 1. The number of fused-ring (bicyclic) bond motifs is 1. The number of benzene rings is 1. The van der Waals surface area contributed by atoms with E-state index in [9.17, 15) is 18.0 Å². The van der Waals surface area contributed by atoms with Gasteiger partial charge in [0.1, 0.15) is 13.2 Å². The van der Waals surface area contributed by atoms with Crippen LogP contribution in [-0.2, 0) is 0 Å². The van der Waals surface area contributed by atoms with E-state index < -0.39 is 18.6 Å². The van der Waals surface area contributed by atoms with E-state index in [1.807, 2.05) is 0 Å². The highest BCUT2D eigenvalue weighted by molar-refractivity contribution is 5.99. The van der Waals surface area contributed by atoms with E-state index in [1.54, 1.807) is 12.1 Å². The Bertz CT molecular complexity index is 503. The Morgan fingerprint density at radius 3 is 2.85 bits per heavy atom. The molecule has 1 aromatic rings. The highest BCUT2D eigenvalue weighted by Gasteiger charge is 2.33. The third-order valence-electron chi connectivity index (χ3n) is 2.95. The second-order valence-corrected chi connectivity index (χ2v) is 4.39. The largest absolute Gasteiger partial charge is 0.489 e. The van der Waals surface area contributed by atoms with Gasteiger partial charge in [0, 0.05) is 13.1 Å². The van der Waals surface area contributed by atoms with Crippen molar-refractivity contribution in [2.75, 3.05) is 31.6 Å². The molecule has 0 bridgehead atoms. The van der Waals surface area contributed by atoms with Crippen LogP contribution in [-0.4, -0.2) is 43.2 Å². The molecule has 20 heavy (non-hydrogen) atoms. The van der Waals surface area contributed by atoms with Crippen molar-refractivity contribution in [3.8, 4) is 5.75 Å². The van der Waals surface area contributed by atoms with Crippen LogP contribution < -0.4 is 10.1 Å². The Hall–Kier alpha value is -1.92. The molecular formula is C13H15F3N2O2. The monoisotopic (exact) mass is 288 g/mol. The maximum absolute atomic E-state index is 12.5. The van der Waals surface area contributed by atoms with Crippen molar-refractivity contribution in [1.82, 2.24) is 4.90 Å². The van der Waals surface area contributed by atoms with E-state index >= 15 is 0 Å². The van der Waals surface area contributed by atoms with E-state index in [1.165, 1.54) is 13.0 Å². The average Bonchev–Trinajstić information content (AvgIpc) is 2.42. The molecule has 0 radical (unpaired) electrons. The van der Waals surface area contributed by atoms with Gasteiger partial charge in [0.25, 0.3) is 5.91 Å². The molecule has 0 unspecified atom stereocenters. The van der Waals surface area contributed by atoms with Crippen molar-refractivity contribution in [2.45, 2.75) is 13.1 Å². The summed E-state index contributed by atoms with van der Waals surface area (Å²) in [5.74, 6) is -0.352. The first-order chi connectivity index (χ1) is 9.42. The first-order valence-electron chi connectivity index (χ1n) is 6.28. The van der Waals surface area contributed by atoms with Crippen molar-refractivity contribution >= 4 is 11.6 Å². The second-order valence-electron chi connectivity index (χ2n) is 4.39. The van der Waals surface area contributed by atoms with Crippen LogP contribution in [0.15, 0.2) is 18.2 Å². The zero-order valence-corrected chi connectivity index (χ0v) is 11.0. The van der Waals surface area contributed by atoms with E-state index in [2.05, 4.69) is 5.32 Å². The molecule has 0 aromatic heterocycles. The van der Waals surface area contributed by atoms with Gasteiger partial charge in [-0.3, -0.25) is 4.79 Å². The topological polar surface area (TPSA) is 41.6 Å². The lowest BCUT2D eigenvalue weighted by Gasteiger charge is -2.26. The fraction of sp³-hybridized carbons (Fsp3) is 0.462. The minimum atomic E-state index is -4.42. The van der Waals surface area contributed by atoms with Crippen LogP contribution in [0.2, 0.25) is 0 Å². The molecule has 0 spiro atoms. The molecule has 1 heterocycles. The minimum absolute atomic E-state index is 0.0184. The molecule has 1 aromatic carbocycles. The molecule has 0 aliphatic carbocycles. The Kier molecular flexibility index (Phi) is 4.06. The Balaban J connectivity index is 2.28. The normalized spacial score (nSPS) is 14.0. The van der Waals surface area contributed by atoms with Crippen LogP contribution in [0.1, 0.15) is 17.3 Å². The zero-order chi connectivity index (χ0) is 14.8. The van der Waals surface area contributed by atoms with Gasteiger partial charge in [0.15, 0.2) is 5.75 Å². The summed E-state index contributed by atoms with van der Waals surface area (Å²) in [6.07, 6.45) is -4.42. The Morgan fingerprint density at radius 2 is 2.20 bits per heavy atom.